The third-order valence-electron chi connectivity index (χ3n) is 3.50. The molecule has 1 aliphatic carbocycles. The summed E-state index contributed by atoms with van der Waals surface area (Å²) in [5.74, 6) is 0. The molecule has 1 fully saturated rings. The molecule has 1 aromatic rings. The Labute approximate surface area is 108 Å². The normalized spacial score (nSPS) is 23.6. The van der Waals surface area contributed by atoms with Crippen molar-refractivity contribution in [3.63, 3.8) is 0 Å². The smallest absolute Gasteiger partial charge is 0.274 e. The lowest BCUT2D eigenvalue weighted by atomic mass is 10.2. The monoisotopic (exact) mass is 250 g/mol. The molecular formula is C14H22N2O2. The summed E-state index contributed by atoms with van der Waals surface area (Å²) in [6.45, 7) is 4.06. The first kappa shape index (κ1) is 13.1. The minimum atomic E-state index is 0.0557. The van der Waals surface area contributed by atoms with E-state index < -0.39 is 0 Å². The van der Waals surface area contributed by atoms with Gasteiger partial charge >= 0.3 is 0 Å². The highest BCUT2D eigenvalue weighted by Crippen LogP contribution is 2.31. The number of hydrogen-bond donors (Lipinski definition) is 1. The van der Waals surface area contributed by atoms with Crippen LogP contribution in [-0.4, -0.2) is 23.8 Å². The van der Waals surface area contributed by atoms with Crippen LogP contribution in [0.25, 0.3) is 0 Å². The van der Waals surface area contributed by atoms with Gasteiger partial charge in [0.25, 0.3) is 5.56 Å². The Kier molecular flexibility index (Phi) is 4.07. The van der Waals surface area contributed by atoms with Crippen molar-refractivity contribution in [2.45, 2.75) is 51.3 Å². The Morgan fingerprint density at radius 2 is 2.22 bits per heavy atom. The molecule has 4 nitrogen and oxygen atoms in total. The molecule has 0 unspecified atom stereocenters. The van der Waals surface area contributed by atoms with Crippen LogP contribution >= 0.6 is 0 Å². The molecule has 0 spiro atoms. The third-order valence-corrected chi connectivity index (χ3v) is 3.50. The lowest BCUT2D eigenvalue weighted by molar-refractivity contribution is 0.0739. The van der Waals surface area contributed by atoms with E-state index in [1.165, 1.54) is 0 Å². The van der Waals surface area contributed by atoms with Crippen LogP contribution in [0.3, 0.4) is 0 Å². The van der Waals surface area contributed by atoms with E-state index in [0.717, 1.165) is 19.3 Å². The molecule has 0 bridgehead atoms. The van der Waals surface area contributed by atoms with E-state index in [1.807, 2.05) is 36.7 Å². The minimum absolute atomic E-state index is 0.0557. The van der Waals surface area contributed by atoms with Gasteiger partial charge in [-0.3, -0.25) is 4.79 Å². The van der Waals surface area contributed by atoms with Gasteiger partial charge in [-0.15, -0.1) is 0 Å². The van der Waals surface area contributed by atoms with Crippen LogP contribution < -0.4 is 10.9 Å². The number of hydrogen-bond acceptors (Lipinski definition) is 3. The van der Waals surface area contributed by atoms with Crippen molar-refractivity contribution < 1.29 is 4.74 Å². The Morgan fingerprint density at radius 3 is 2.89 bits per heavy atom. The van der Waals surface area contributed by atoms with Gasteiger partial charge in [-0.05, 0) is 45.2 Å². The van der Waals surface area contributed by atoms with Gasteiger partial charge in [0, 0.05) is 19.3 Å². The Morgan fingerprint density at radius 1 is 1.44 bits per heavy atom. The van der Waals surface area contributed by atoms with E-state index >= 15 is 0 Å². The molecule has 0 amide bonds. The average molecular weight is 250 g/mol. The molecule has 2 atom stereocenters. The highest BCUT2D eigenvalue weighted by Gasteiger charge is 2.29. The summed E-state index contributed by atoms with van der Waals surface area (Å²) in [5, 5.41) is 3.20. The fraction of sp³-hybridized carbons (Fsp3) is 0.643. The molecule has 0 aromatic carbocycles. The lowest BCUT2D eigenvalue weighted by Crippen LogP contribution is -2.32. The topological polar surface area (TPSA) is 43.3 Å². The molecule has 100 valence electrons. The van der Waals surface area contributed by atoms with Crippen LogP contribution in [0.15, 0.2) is 23.1 Å². The Bertz CT molecular complexity index is 453. The molecule has 4 heteroatoms. The van der Waals surface area contributed by atoms with Crippen LogP contribution in [0.1, 0.15) is 39.2 Å². The van der Waals surface area contributed by atoms with Crippen molar-refractivity contribution in [3.05, 3.63) is 28.7 Å². The van der Waals surface area contributed by atoms with Crippen molar-refractivity contribution in [1.29, 1.82) is 0 Å². The predicted octanol–water partition coefficient (Wildman–Crippen LogP) is 2.41. The van der Waals surface area contributed by atoms with Gasteiger partial charge in [-0.25, -0.2) is 0 Å². The van der Waals surface area contributed by atoms with Crippen molar-refractivity contribution >= 4 is 5.69 Å². The summed E-state index contributed by atoms with van der Waals surface area (Å²) >= 11 is 0. The predicted molar refractivity (Wildman–Crippen MR) is 73.1 cm³/mol. The molecule has 0 aliphatic heterocycles. The Hall–Kier alpha value is -1.29. The molecule has 1 saturated carbocycles. The number of pyridine rings is 1. The van der Waals surface area contributed by atoms with E-state index in [4.69, 9.17) is 4.74 Å². The van der Waals surface area contributed by atoms with Crippen molar-refractivity contribution in [3.8, 4) is 0 Å². The zero-order valence-electron chi connectivity index (χ0n) is 11.3. The minimum Gasteiger partial charge on any atom is -0.379 e. The molecule has 0 saturated heterocycles. The second kappa shape index (κ2) is 5.57. The number of ether oxygens (including phenoxy) is 1. The number of nitrogens with one attached hydrogen (secondary N) is 1. The first-order valence-electron chi connectivity index (χ1n) is 6.64. The quantitative estimate of drug-likeness (QED) is 0.892. The maximum absolute atomic E-state index is 12.4. The van der Waals surface area contributed by atoms with E-state index in [1.54, 1.807) is 7.11 Å². The highest BCUT2D eigenvalue weighted by molar-refractivity contribution is 5.41. The van der Waals surface area contributed by atoms with Crippen LogP contribution in [0.4, 0.5) is 5.69 Å². The number of aromatic nitrogens is 1. The maximum Gasteiger partial charge on any atom is 0.274 e. The summed E-state index contributed by atoms with van der Waals surface area (Å²) in [5.41, 5.74) is 0.731. The molecule has 1 heterocycles. The molecule has 1 N–H and O–H groups in total. The fourth-order valence-electron chi connectivity index (χ4n) is 2.69. The lowest BCUT2D eigenvalue weighted by Gasteiger charge is -2.22. The first-order chi connectivity index (χ1) is 8.63. The largest absolute Gasteiger partial charge is 0.379 e. The van der Waals surface area contributed by atoms with Crippen LogP contribution in [-0.2, 0) is 4.74 Å². The Balaban J connectivity index is 2.31. The van der Waals surface area contributed by atoms with Gasteiger partial charge in [-0.1, -0.05) is 0 Å². The van der Waals surface area contributed by atoms with Crippen molar-refractivity contribution in [1.82, 2.24) is 4.57 Å². The zero-order chi connectivity index (χ0) is 13.1. The van der Waals surface area contributed by atoms with E-state index in [2.05, 4.69) is 5.32 Å². The molecule has 1 aliphatic rings. The average Bonchev–Trinajstić information content (AvgIpc) is 2.79. The van der Waals surface area contributed by atoms with Gasteiger partial charge in [0.1, 0.15) is 5.69 Å². The second-order valence-corrected chi connectivity index (χ2v) is 5.21. The maximum atomic E-state index is 12.4. The summed E-state index contributed by atoms with van der Waals surface area (Å²) < 4.78 is 7.30. The molecule has 1 aromatic heterocycles. The third kappa shape index (κ3) is 2.58. The van der Waals surface area contributed by atoms with E-state index in [-0.39, 0.29) is 23.7 Å². The number of anilines is 1. The molecule has 2 rings (SSSR count). The van der Waals surface area contributed by atoms with Crippen LogP contribution in [0.5, 0.6) is 0 Å². The molecule has 0 radical (unpaired) electrons. The van der Waals surface area contributed by atoms with Crippen LogP contribution in [0, 0.1) is 0 Å². The van der Waals surface area contributed by atoms with Gasteiger partial charge < -0.3 is 14.6 Å². The van der Waals surface area contributed by atoms with E-state index in [9.17, 15) is 4.79 Å². The van der Waals surface area contributed by atoms with Gasteiger partial charge in [0.05, 0.1) is 12.1 Å². The summed E-state index contributed by atoms with van der Waals surface area (Å²) in [6, 6.07) is 4.21. The summed E-state index contributed by atoms with van der Waals surface area (Å²) in [6.07, 6.45) is 5.21. The zero-order valence-corrected chi connectivity index (χ0v) is 11.3. The summed E-state index contributed by atoms with van der Waals surface area (Å²) in [4.78, 5) is 12.4. The standard InChI is InChI=1S/C14H22N2O2/c1-10(2)15-11-6-5-9-16(14(11)17)12-7-4-8-13(12)18-3/h5-6,9-10,12-13,15H,4,7-8H2,1-3H3/t12-,13+/m0/s1. The van der Waals surface area contributed by atoms with Crippen molar-refractivity contribution in [2.24, 2.45) is 0 Å². The van der Waals surface area contributed by atoms with Crippen molar-refractivity contribution in [2.75, 3.05) is 12.4 Å². The first-order valence-corrected chi connectivity index (χ1v) is 6.64. The SMILES string of the molecule is CO[C@@H]1CCC[C@@H]1n1cccc(NC(C)C)c1=O. The number of rotatable bonds is 4. The fourth-order valence-corrected chi connectivity index (χ4v) is 2.69. The number of nitrogens with zero attached hydrogens (tertiary/aromatic N) is 1. The second-order valence-electron chi connectivity index (χ2n) is 5.21. The number of methoxy groups -OCH3 is 1. The van der Waals surface area contributed by atoms with E-state index in [0.29, 0.717) is 5.69 Å². The van der Waals surface area contributed by atoms with Crippen LogP contribution in [0.2, 0.25) is 0 Å². The molecular weight excluding hydrogens is 228 g/mol. The van der Waals surface area contributed by atoms with Gasteiger partial charge in [-0.2, -0.15) is 0 Å². The van der Waals surface area contributed by atoms with Gasteiger partial charge in [0.2, 0.25) is 0 Å². The highest BCUT2D eigenvalue weighted by atomic mass is 16.5. The molecule has 18 heavy (non-hydrogen) atoms. The summed E-state index contributed by atoms with van der Waals surface area (Å²) in [7, 11) is 1.73. The van der Waals surface area contributed by atoms with Gasteiger partial charge in [0.15, 0.2) is 0 Å².